The summed E-state index contributed by atoms with van der Waals surface area (Å²) in [6.45, 7) is 0. The number of methoxy groups -OCH3 is 1. The number of pyridine rings is 1. The van der Waals surface area contributed by atoms with Crippen LogP contribution in [0.4, 0.5) is 13.2 Å². The molecule has 0 aliphatic carbocycles. The Labute approximate surface area is 103 Å². The van der Waals surface area contributed by atoms with Gasteiger partial charge in [-0.05, 0) is 0 Å². The zero-order chi connectivity index (χ0) is 14.1. The summed E-state index contributed by atoms with van der Waals surface area (Å²) in [5.74, 6) is -1.85. The van der Waals surface area contributed by atoms with E-state index in [0.717, 1.165) is 7.11 Å². The molecule has 0 fully saturated rings. The standard InChI is InChI=1S/C7H5ClF3NO5S/c1-16-3-2-4(18(8,14)15)6(12-5(3)13)17-7(9,10)11/h2H,1H3,(H,12,13). The molecule has 0 bridgehead atoms. The van der Waals surface area contributed by atoms with Crippen LogP contribution in [0.25, 0.3) is 0 Å². The lowest BCUT2D eigenvalue weighted by Gasteiger charge is -2.11. The number of halogens is 4. The molecular weight excluding hydrogens is 303 g/mol. The average Bonchev–Trinajstić information content (AvgIpc) is 2.13. The van der Waals surface area contributed by atoms with Gasteiger partial charge in [0.15, 0.2) is 5.75 Å². The van der Waals surface area contributed by atoms with E-state index in [2.05, 4.69) is 9.47 Å². The van der Waals surface area contributed by atoms with Crippen LogP contribution in [0.5, 0.6) is 11.6 Å². The highest BCUT2D eigenvalue weighted by molar-refractivity contribution is 8.13. The van der Waals surface area contributed by atoms with Crippen molar-refractivity contribution in [2.24, 2.45) is 0 Å². The van der Waals surface area contributed by atoms with Crippen LogP contribution in [0, 0.1) is 0 Å². The Bertz CT molecular complexity index is 608. The van der Waals surface area contributed by atoms with Crippen molar-refractivity contribution in [2.75, 3.05) is 7.11 Å². The van der Waals surface area contributed by atoms with Crippen molar-refractivity contribution in [3.63, 3.8) is 0 Å². The highest BCUT2D eigenvalue weighted by Crippen LogP contribution is 2.30. The van der Waals surface area contributed by atoms with E-state index in [1.54, 1.807) is 4.98 Å². The number of aromatic amines is 1. The van der Waals surface area contributed by atoms with E-state index in [1.807, 2.05) is 0 Å². The van der Waals surface area contributed by atoms with Crippen molar-refractivity contribution >= 4 is 19.7 Å². The molecule has 1 N–H and O–H groups in total. The number of rotatable bonds is 3. The van der Waals surface area contributed by atoms with Gasteiger partial charge in [0, 0.05) is 16.7 Å². The minimum absolute atomic E-state index is 0.524. The van der Waals surface area contributed by atoms with Gasteiger partial charge in [-0.15, -0.1) is 13.2 Å². The number of alkyl halides is 3. The zero-order valence-electron chi connectivity index (χ0n) is 8.54. The molecule has 0 saturated carbocycles. The third kappa shape index (κ3) is 3.53. The first-order valence-corrected chi connectivity index (χ1v) is 6.37. The quantitative estimate of drug-likeness (QED) is 0.848. The molecule has 0 amide bonds. The van der Waals surface area contributed by atoms with Crippen molar-refractivity contribution in [3.8, 4) is 11.6 Å². The summed E-state index contributed by atoms with van der Waals surface area (Å²) < 4.78 is 66.0. The number of H-pyrrole nitrogens is 1. The predicted octanol–water partition coefficient (Wildman–Crippen LogP) is 1.21. The summed E-state index contributed by atoms with van der Waals surface area (Å²) in [5, 5.41) is 0. The van der Waals surface area contributed by atoms with Crippen molar-refractivity contribution < 1.29 is 31.1 Å². The normalized spacial score (nSPS) is 12.3. The van der Waals surface area contributed by atoms with E-state index in [9.17, 15) is 26.4 Å². The molecule has 0 aliphatic rings. The van der Waals surface area contributed by atoms with E-state index in [0.29, 0.717) is 6.07 Å². The minimum atomic E-state index is -5.19. The van der Waals surface area contributed by atoms with Crippen molar-refractivity contribution in [2.45, 2.75) is 11.3 Å². The highest BCUT2D eigenvalue weighted by atomic mass is 35.7. The van der Waals surface area contributed by atoms with Gasteiger partial charge in [-0.1, -0.05) is 0 Å². The Hall–Kier alpha value is -1.42. The van der Waals surface area contributed by atoms with Gasteiger partial charge in [-0.2, -0.15) is 0 Å². The Morgan fingerprint density at radius 1 is 1.39 bits per heavy atom. The fourth-order valence-corrected chi connectivity index (χ4v) is 1.91. The van der Waals surface area contributed by atoms with E-state index in [1.165, 1.54) is 0 Å². The number of aromatic nitrogens is 1. The summed E-state index contributed by atoms with van der Waals surface area (Å²) in [6.07, 6.45) is -5.19. The number of ether oxygens (including phenoxy) is 2. The van der Waals surface area contributed by atoms with Gasteiger partial charge in [0.1, 0.15) is 4.90 Å². The van der Waals surface area contributed by atoms with Gasteiger partial charge in [-0.25, -0.2) is 8.42 Å². The first-order chi connectivity index (χ1) is 8.04. The summed E-state index contributed by atoms with van der Waals surface area (Å²) in [5.41, 5.74) is -1.10. The fourth-order valence-electron chi connectivity index (χ4n) is 1.00. The molecule has 0 saturated heterocycles. The van der Waals surface area contributed by atoms with Gasteiger partial charge >= 0.3 is 6.36 Å². The maximum atomic E-state index is 12.0. The Kier molecular flexibility index (Phi) is 3.81. The molecule has 11 heteroatoms. The topological polar surface area (TPSA) is 85.5 Å². The molecule has 102 valence electrons. The summed E-state index contributed by atoms with van der Waals surface area (Å²) >= 11 is 0. The first kappa shape index (κ1) is 14.6. The molecule has 6 nitrogen and oxygen atoms in total. The molecule has 0 aliphatic heterocycles. The van der Waals surface area contributed by atoms with E-state index in [4.69, 9.17) is 10.7 Å². The van der Waals surface area contributed by atoms with Gasteiger partial charge in [0.25, 0.3) is 14.6 Å². The van der Waals surface area contributed by atoms with Crippen LogP contribution < -0.4 is 15.0 Å². The maximum absolute atomic E-state index is 12.0. The van der Waals surface area contributed by atoms with E-state index < -0.39 is 37.5 Å². The monoisotopic (exact) mass is 307 g/mol. The second-order valence-corrected chi connectivity index (χ2v) is 5.38. The molecule has 0 aromatic carbocycles. The van der Waals surface area contributed by atoms with Crippen LogP contribution in [0.1, 0.15) is 0 Å². The predicted molar refractivity (Wildman–Crippen MR) is 53.3 cm³/mol. The van der Waals surface area contributed by atoms with Crippen LogP contribution in [0.15, 0.2) is 15.8 Å². The molecule has 18 heavy (non-hydrogen) atoms. The molecule has 1 rings (SSSR count). The minimum Gasteiger partial charge on any atom is -0.491 e. The smallest absolute Gasteiger partial charge is 0.491 e. The molecule has 0 radical (unpaired) electrons. The van der Waals surface area contributed by atoms with Gasteiger partial charge in [0.05, 0.1) is 7.11 Å². The molecule has 0 unspecified atom stereocenters. The van der Waals surface area contributed by atoms with Crippen molar-refractivity contribution in [1.29, 1.82) is 0 Å². The van der Waals surface area contributed by atoms with Crippen LogP contribution in [0.3, 0.4) is 0 Å². The second-order valence-electron chi connectivity index (χ2n) is 2.85. The average molecular weight is 308 g/mol. The maximum Gasteiger partial charge on any atom is 0.574 e. The lowest BCUT2D eigenvalue weighted by Crippen LogP contribution is -2.22. The number of hydrogen-bond donors (Lipinski definition) is 1. The molecule has 0 atom stereocenters. The largest absolute Gasteiger partial charge is 0.574 e. The van der Waals surface area contributed by atoms with Crippen LogP contribution in [-0.2, 0) is 9.05 Å². The van der Waals surface area contributed by atoms with E-state index in [-0.39, 0.29) is 0 Å². The highest BCUT2D eigenvalue weighted by Gasteiger charge is 2.35. The van der Waals surface area contributed by atoms with E-state index >= 15 is 0 Å². The fraction of sp³-hybridized carbons (Fsp3) is 0.286. The van der Waals surface area contributed by atoms with Crippen LogP contribution in [0.2, 0.25) is 0 Å². The van der Waals surface area contributed by atoms with Crippen LogP contribution >= 0.6 is 10.7 Å². The third-order valence-electron chi connectivity index (χ3n) is 1.64. The summed E-state index contributed by atoms with van der Waals surface area (Å²) in [6, 6.07) is 0.530. The van der Waals surface area contributed by atoms with Crippen molar-refractivity contribution in [1.82, 2.24) is 4.98 Å². The molecular formula is C7H5ClF3NO5S. The Morgan fingerprint density at radius 3 is 2.33 bits per heavy atom. The molecule has 1 aromatic heterocycles. The third-order valence-corrected chi connectivity index (χ3v) is 2.96. The number of nitrogens with one attached hydrogen (secondary N) is 1. The zero-order valence-corrected chi connectivity index (χ0v) is 10.1. The van der Waals surface area contributed by atoms with Gasteiger partial charge in [0.2, 0.25) is 5.88 Å². The first-order valence-electron chi connectivity index (χ1n) is 4.06. The van der Waals surface area contributed by atoms with Crippen LogP contribution in [-0.4, -0.2) is 26.9 Å². The SMILES string of the molecule is COc1cc(S(=O)(=O)Cl)c(OC(F)(F)F)[nH]c1=O. The van der Waals surface area contributed by atoms with Gasteiger partial charge < -0.3 is 9.47 Å². The number of hydrogen-bond acceptors (Lipinski definition) is 5. The summed E-state index contributed by atoms with van der Waals surface area (Å²) in [7, 11) is 1.39. The lowest BCUT2D eigenvalue weighted by atomic mass is 10.4. The van der Waals surface area contributed by atoms with Crippen molar-refractivity contribution in [3.05, 3.63) is 16.4 Å². The Balaban J connectivity index is 3.50. The Morgan fingerprint density at radius 2 is 1.94 bits per heavy atom. The summed E-state index contributed by atoms with van der Waals surface area (Å²) in [4.78, 5) is 11.7. The second kappa shape index (κ2) is 4.69. The molecule has 1 aromatic rings. The van der Waals surface area contributed by atoms with Gasteiger partial charge in [-0.3, -0.25) is 9.78 Å². The molecule has 1 heterocycles. The molecule has 0 spiro atoms. The lowest BCUT2D eigenvalue weighted by molar-refractivity contribution is -0.277.